The zero-order valence-electron chi connectivity index (χ0n) is 25.7. The Morgan fingerprint density at radius 2 is 1.76 bits per heavy atom. The lowest BCUT2D eigenvalue weighted by molar-refractivity contribution is -0.142. The Morgan fingerprint density at radius 1 is 1.05 bits per heavy atom. The van der Waals surface area contributed by atoms with Crippen LogP contribution in [0.15, 0.2) is 18.2 Å². The van der Waals surface area contributed by atoms with E-state index in [4.69, 9.17) is 21.1 Å². The molecular weight excluding hydrogens is 559 g/mol. The van der Waals surface area contributed by atoms with E-state index < -0.39 is 5.67 Å². The lowest BCUT2D eigenvalue weighted by atomic mass is 9.87. The number of likely N-dealkylation sites (tertiary alicyclic amines) is 2. The molecule has 3 atom stereocenters. The van der Waals surface area contributed by atoms with E-state index in [2.05, 4.69) is 15.9 Å². The molecule has 1 aromatic carbocycles. The standard InChI is InChI=1S/C32H48ClFN4O4/c1-35(2)30(39)22-11-14-36(15-12-22)29-17-24(33)5-10-27(29)28-19-38(18-23(28)20-41-3)31(40)32(34)13-16-37(21-32)25-6-8-26(42-4)9-7-25/h5,10,17,22-23,25-26,28H,6-9,11-16,18-21H2,1-4H3/t23-,25-,26-,28+,32-/m1/s1. The fourth-order valence-corrected chi connectivity index (χ4v) is 7.99. The average molecular weight is 607 g/mol. The van der Waals surface area contributed by atoms with Crippen LogP contribution >= 0.6 is 11.6 Å². The first-order valence-electron chi connectivity index (χ1n) is 15.6. The first kappa shape index (κ1) is 31.5. The normalized spacial score (nSPS) is 31.1. The van der Waals surface area contributed by atoms with E-state index in [0.29, 0.717) is 43.4 Å². The molecule has 0 unspecified atom stereocenters. The van der Waals surface area contributed by atoms with E-state index in [-0.39, 0.29) is 42.5 Å². The van der Waals surface area contributed by atoms with Gasteiger partial charge < -0.3 is 24.2 Å². The molecule has 1 aliphatic carbocycles. The van der Waals surface area contributed by atoms with Crippen LogP contribution in [0.5, 0.6) is 0 Å². The summed E-state index contributed by atoms with van der Waals surface area (Å²) >= 11 is 6.50. The number of alkyl halides is 1. The molecule has 3 heterocycles. The lowest BCUT2D eigenvalue weighted by Crippen LogP contribution is -2.48. The topological polar surface area (TPSA) is 65.6 Å². The van der Waals surface area contributed by atoms with Crippen molar-refractivity contribution in [3.63, 3.8) is 0 Å². The molecule has 10 heteroatoms. The van der Waals surface area contributed by atoms with Crippen molar-refractivity contribution < 1.29 is 23.5 Å². The van der Waals surface area contributed by atoms with E-state index in [1.54, 1.807) is 24.0 Å². The number of hydrogen-bond acceptors (Lipinski definition) is 6. The molecule has 3 aliphatic heterocycles. The first-order chi connectivity index (χ1) is 20.1. The summed E-state index contributed by atoms with van der Waals surface area (Å²) in [4.78, 5) is 34.3. The van der Waals surface area contributed by atoms with Gasteiger partial charge >= 0.3 is 0 Å². The molecule has 0 radical (unpaired) electrons. The van der Waals surface area contributed by atoms with Gasteiger partial charge in [0.15, 0.2) is 0 Å². The van der Waals surface area contributed by atoms with Crippen LogP contribution in [-0.4, -0.2) is 119 Å². The predicted octanol–water partition coefficient (Wildman–Crippen LogP) is 4.20. The highest BCUT2D eigenvalue weighted by Gasteiger charge is 2.51. The number of rotatable bonds is 8. The molecule has 0 aromatic heterocycles. The van der Waals surface area contributed by atoms with Gasteiger partial charge in [-0.05, 0) is 56.2 Å². The van der Waals surface area contributed by atoms with Crippen LogP contribution in [0.25, 0.3) is 0 Å². The molecule has 0 N–H and O–H groups in total. The number of carbonyl (C=O) groups is 2. The van der Waals surface area contributed by atoms with Gasteiger partial charge in [0.25, 0.3) is 5.91 Å². The van der Waals surface area contributed by atoms with Crippen molar-refractivity contribution in [3.05, 3.63) is 28.8 Å². The molecule has 5 rings (SSSR count). The van der Waals surface area contributed by atoms with Crippen molar-refractivity contribution in [2.24, 2.45) is 11.8 Å². The molecule has 1 saturated carbocycles. The highest BCUT2D eigenvalue weighted by Crippen LogP contribution is 2.42. The molecule has 4 fully saturated rings. The number of anilines is 1. The fourth-order valence-electron chi connectivity index (χ4n) is 7.83. The van der Waals surface area contributed by atoms with Gasteiger partial charge in [-0.25, -0.2) is 4.39 Å². The zero-order chi connectivity index (χ0) is 30.0. The van der Waals surface area contributed by atoms with Crippen LogP contribution in [0, 0.1) is 11.8 Å². The Balaban J connectivity index is 1.29. The Kier molecular flexibility index (Phi) is 10.0. The van der Waals surface area contributed by atoms with Gasteiger partial charge in [-0.1, -0.05) is 17.7 Å². The summed E-state index contributed by atoms with van der Waals surface area (Å²) in [5, 5.41) is 0.655. The minimum absolute atomic E-state index is 0.00715. The second-order valence-corrected chi connectivity index (χ2v) is 13.5. The van der Waals surface area contributed by atoms with Gasteiger partial charge in [-0.15, -0.1) is 0 Å². The van der Waals surface area contributed by atoms with Crippen LogP contribution in [0.2, 0.25) is 5.02 Å². The number of amides is 2. The lowest BCUT2D eigenvalue weighted by Gasteiger charge is -2.36. The van der Waals surface area contributed by atoms with Gasteiger partial charge in [-0.3, -0.25) is 14.5 Å². The van der Waals surface area contributed by atoms with Crippen molar-refractivity contribution >= 4 is 29.1 Å². The minimum atomic E-state index is -1.85. The Morgan fingerprint density at radius 3 is 2.40 bits per heavy atom. The predicted molar refractivity (Wildman–Crippen MR) is 163 cm³/mol. The molecule has 8 nitrogen and oxygen atoms in total. The summed E-state index contributed by atoms with van der Waals surface area (Å²) < 4.78 is 27.5. The third-order valence-electron chi connectivity index (χ3n) is 10.3. The monoisotopic (exact) mass is 606 g/mol. The van der Waals surface area contributed by atoms with Crippen LogP contribution in [0.3, 0.4) is 0 Å². The van der Waals surface area contributed by atoms with Crippen molar-refractivity contribution in [1.82, 2.24) is 14.7 Å². The van der Waals surface area contributed by atoms with E-state index in [1.807, 2.05) is 26.2 Å². The number of benzene rings is 1. The Labute approximate surface area is 255 Å². The molecule has 4 aliphatic rings. The van der Waals surface area contributed by atoms with Gasteiger partial charge in [0.05, 0.1) is 12.7 Å². The SMILES string of the molecule is COC[C@H]1CN(C(=O)[C@@]2(F)CCN([C@H]3CC[C@H](OC)CC3)C2)C[C@@H]1c1ccc(Cl)cc1N1CCC(C(=O)N(C)C)CC1. The largest absolute Gasteiger partial charge is 0.384 e. The van der Waals surface area contributed by atoms with E-state index in [1.165, 1.54) is 0 Å². The number of methoxy groups -OCH3 is 2. The maximum Gasteiger partial charge on any atom is 0.261 e. The van der Waals surface area contributed by atoms with Crippen molar-refractivity contribution in [2.75, 3.05) is 79.1 Å². The fraction of sp³-hybridized carbons (Fsp3) is 0.750. The van der Waals surface area contributed by atoms with E-state index >= 15 is 4.39 Å². The summed E-state index contributed by atoms with van der Waals surface area (Å²) in [6, 6.07) is 6.29. The number of nitrogens with zero attached hydrogens (tertiary/aromatic N) is 4. The van der Waals surface area contributed by atoms with E-state index in [9.17, 15) is 9.59 Å². The number of ether oxygens (including phenoxy) is 2. The van der Waals surface area contributed by atoms with Crippen LogP contribution in [0.4, 0.5) is 10.1 Å². The number of piperidine rings is 1. The van der Waals surface area contributed by atoms with E-state index in [0.717, 1.165) is 62.9 Å². The van der Waals surface area contributed by atoms with Crippen LogP contribution < -0.4 is 4.90 Å². The summed E-state index contributed by atoms with van der Waals surface area (Å²) in [7, 11) is 7.06. The van der Waals surface area contributed by atoms with Gasteiger partial charge in [0.2, 0.25) is 11.6 Å². The number of hydrogen-bond donors (Lipinski definition) is 0. The smallest absolute Gasteiger partial charge is 0.261 e. The van der Waals surface area contributed by atoms with Crippen LogP contribution in [0.1, 0.15) is 56.4 Å². The quantitative estimate of drug-likeness (QED) is 0.442. The molecule has 42 heavy (non-hydrogen) atoms. The third-order valence-corrected chi connectivity index (χ3v) is 10.5. The Bertz CT molecular complexity index is 1110. The van der Waals surface area contributed by atoms with Gasteiger partial charge in [0, 0.05) is 109 Å². The maximum absolute atomic E-state index is 16.4. The molecule has 0 bridgehead atoms. The first-order valence-corrected chi connectivity index (χ1v) is 16.0. The number of carbonyl (C=O) groups excluding carboxylic acids is 2. The second-order valence-electron chi connectivity index (χ2n) is 13.1. The molecule has 1 aromatic rings. The van der Waals surface area contributed by atoms with Gasteiger partial charge in [-0.2, -0.15) is 0 Å². The molecule has 0 spiro atoms. The van der Waals surface area contributed by atoms with Crippen molar-refractivity contribution in [1.29, 1.82) is 0 Å². The molecular formula is C32H48ClFN4O4. The summed E-state index contributed by atoms with van der Waals surface area (Å²) in [6.07, 6.45) is 6.08. The zero-order valence-corrected chi connectivity index (χ0v) is 26.5. The van der Waals surface area contributed by atoms with Gasteiger partial charge in [0.1, 0.15) is 0 Å². The van der Waals surface area contributed by atoms with Crippen molar-refractivity contribution in [3.8, 4) is 0 Å². The van der Waals surface area contributed by atoms with Crippen molar-refractivity contribution in [2.45, 2.75) is 68.7 Å². The summed E-state index contributed by atoms with van der Waals surface area (Å²) in [6.45, 7) is 3.75. The minimum Gasteiger partial charge on any atom is -0.384 e. The highest BCUT2D eigenvalue weighted by atomic mass is 35.5. The van der Waals surface area contributed by atoms with Crippen LogP contribution in [-0.2, 0) is 19.1 Å². The molecule has 2 amide bonds. The highest BCUT2D eigenvalue weighted by molar-refractivity contribution is 6.30. The summed E-state index contributed by atoms with van der Waals surface area (Å²) in [5.74, 6) is -0.108. The molecule has 3 saturated heterocycles. The Hall–Kier alpha value is -1.94. The molecule has 234 valence electrons. The summed E-state index contributed by atoms with van der Waals surface area (Å²) in [5.41, 5.74) is 0.311. The average Bonchev–Trinajstić information content (AvgIpc) is 3.61. The number of halogens is 2. The maximum atomic E-state index is 16.4. The second kappa shape index (κ2) is 13.4. The third kappa shape index (κ3) is 6.59.